The number of hydrogen-bond donors (Lipinski definition) is 3. The topological polar surface area (TPSA) is 92.6 Å². The van der Waals surface area contributed by atoms with Gasteiger partial charge in [0.15, 0.2) is 23.1 Å². The first-order valence-electron chi connectivity index (χ1n) is 9.34. The number of rotatable bonds is 4. The third-order valence-electron chi connectivity index (χ3n) is 4.88. The van der Waals surface area contributed by atoms with E-state index in [2.05, 4.69) is 10.0 Å². The Balaban J connectivity index is 1.58. The van der Waals surface area contributed by atoms with Crippen LogP contribution >= 0.6 is 0 Å². The molecule has 0 bridgehead atoms. The maximum Gasteiger partial charge on any atom is 0.276 e. The number of nitrogens with zero attached hydrogens (tertiary/aromatic N) is 1. The van der Waals surface area contributed by atoms with Crippen LogP contribution in [0, 0.1) is 11.6 Å². The zero-order valence-electron chi connectivity index (χ0n) is 16.3. The average Bonchev–Trinajstić information content (AvgIpc) is 3.01. The molecule has 4 rings (SSSR count). The van der Waals surface area contributed by atoms with Crippen molar-refractivity contribution in [1.29, 1.82) is 0 Å². The van der Waals surface area contributed by atoms with Gasteiger partial charge in [-0.05, 0) is 17.7 Å². The van der Waals surface area contributed by atoms with Gasteiger partial charge in [-0.25, -0.2) is 17.7 Å². The van der Waals surface area contributed by atoms with E-state index in [9.17, 15) is 22.9 Å². The van der Waals surface area contributed by atoms with Crippen LogP contribution in [0.3, 0.4) is 0 Å². The predicted molar refractivity (Wildman–Crippen MR) is 110 cm³/mol. The fourth-order valence-corrected chi connectivity index (χ4v) is 4.50. The molecule has 0 saturated heterocycles. The number of anilines is 1. The SMILES string of the molecule is Cn1cc2c(c1C(=O)Nc1ccc(F)c(F)c1)OCC(C(O)c1ccccc1)NS2=O. The van der Waals surface area contributed by atoms with E-state index in [0.29, 0.717) is 5.56 Å². The summed E-state index contributed by atoms with van der Waals surface area (Å²) >= 11 is 0. The molecule has 162 valence electrons. The third kappa shape index (κ3) is 4.22. The van der Waals surface area contributed by atoms with Gasteiger partial charge < -0.3 is 19.7 Å². The Bertz CT molecular complexity index is 1150. The summed E-state index contributed by atoms with van der Waals surface area (Å²) in [6, 6.07) is 11.2. The third-order valence-corrected chi connectivity index (χ3v) is 6.09. The molecule has 3 unspecified atom stereocenters. The van der Waals surface area contributed by atoms with Crippen molar-refractivity contribution in [3.05, 3.63) is 77.6 Å². The summed E-state index contributed by atoms with van der Waals surface area (Å²) < 4.78 is 49.5. The first-order chi connectivity index (χ1) is 14.8. The highest BCUT2D eigenvalue weighted by Crippen LogP contribution is 2.33. The number of nitrogens with one attached hydrogen (secondary N) is 2. The van der Waals surface area contributed by atoms with Crippen LogP contribution in [0.5, 0.6) is 5.75 Å². The van der Waals surface area contributed by atoms with Crippen molar-refractivity contribution >= 4 is 22.6 Å². The first kappa shape index (κ1) is 21.2. The largest absolute Gasteiger partial charge is 0.488 e. The molecular formula is C21H19F2N3O4S. The monoisotopic (exact) mass is 447 g/mol. The van der Waals surface area contributed by atoms with E-state index in [1.165, 1.54) is 16.8 Å². The second-order valence-electron chi connectivity index (χ2n) is 7.02. The molecule has 3 atom stereocenters. The molecule has 3 N–H and O–H groups in total. The van der Waals surface area contributed by atoms with Gasteiger partial charge in [0.1, 0.15) is 22.5 Å². The van der Waals surface area contributed by atoms with Crippen molar-refractivity contribution in [2.45, 2.75) is 17.0 Å². The van der Waals surface area contributed by atoms with E-state index >= 15 is 0 Å². The number of aliphatic hydroxyl groups is 1. The Hall–Kier alpha value is -3.08. The maximum atomic E-state index is 13.5. The summed E-state index contributed by atoms with van der Waals surface area (Å²) in [6.07, 6.45) is 0.498. The minimum absolute atomic E-state index is 0.0513. The fourth-order valence-electron chi connectivity index (χ4n) is 3.32. The summed E-state index contributed by atoms with van der Waals surface area (Å²) in [7, 11) is -0.187. The van der Waals surface area contributed by atoms with Gasteiger partial charge in [0.25, 0.3) is 5.91 Å². The standard InChI is InChI=1S/C21H19F2N3O4S/c1-26-10-17-20(18(26)21(28)24-13-7-8-14(22)15(23)9-13)30-11-16(25-31(17)29)19(27)12-5-3-2-4-6-12/h2-10,16,19,25,27H,11H2,1H3,(H,24,28). The number of hydrogen-bond acceptors (Lipinski definition) is 4. The van der Waals surface area contributed by atoms with E-state index in [4.69, 9.17) is 4.74 Å². The molecule has 1 amide bonds. The second-order valence-corrected chi connectivity index (χ2v) is 8.24. The summed E-state index contributed by atoms with van der Waals surface area (Å²) in [5.74, 6) is -2.67. The van der Waals surface area contributed by atoms with E-state index in [-0.39, 0.29) is 28.6 Å². The van der Waals surface area contributed by atoms with E-state index in [1.54, 1.807) is 31.3 Å². The van der Waals surface area contributed by atoms with Crippen molar-refractivity contribution in [3.8, 4) is 5.75 Å². The lowest BCUT2D eigenvalue weighted by Crippen LogP contribution is -2.39. The Morgan fingerprint density at radius 1 is 1.26 bits per heavy atom. The van der Waals surface area contributed by atoms with Crippen LogP contribution in [0.1, 0.15) is 22.2 Å². The molecule has 3 aromatic rings. The van der Waals surface area contributed by atoms with Crippen LogP contribution in [-0.2, 0) is 18.0 Å². The van der Waals surface area contributed by atoms with Gasteiger partial charge in [0.2, 0.25) is 0 Å². The first-order valence-corrected chi connectivity index (χ1v) is 10.5. The molecule has 2 heterocycles. The van der Waals surface area contributed by atoms with E-state index < -0.39 is 40.7 Å². The molecule has 10 heteroatoms. The predicted octanol–water partition coefficient (Wildman–Crippen LogP) is 2.66. The molecule has 0 radical (unpaired) electrons. The minimum atomic E-state index is -1.76. The highest BCUT2D eigenvalue weighted by Gasteiger charge is 2.33. The molecule has 0 aliphatic carbocycles. The number of carbonyl (C=O) groups is 1. The number of aryl methyl sites for hydroxylation is 1. The van der Waals surface area contributed by atoms with E-state index in [0.717, 1.165) is 12.1 Å². The zero-order valence-corrected chi connectivity index (χ0v) is 17.2. The molecule has 31 heavy (non-hydrogen) atoms. The molecule has 1 aliphatic rings. The molecule has 7 nitrogen and oxygen atoms in total. The fraction of sp³-hybridized carbons (Fsp3) is 0.190. The van der Waals surface area contributed by atoms with Crippen molar-refractivity contribution in [2.75, 3.05) is 11.9 Å². The maximum absolute atomic E-state index is 13.5. The van der Waals surface area contributed by atoms with E-state index in [1.807, 2.05) is 6.07 Å². The lowest BCUT2D eigenvalue weighted by atomic mass is 10.0. The Labute approximate surface area is 179 Å². The number of carbonyl (C=O) groups excluding carboxylic acids is 1. The van der Waals surface area contributed by atoms with Gasteiger partial charge in [-0.15, -0.1) is 0 Å². The van der Waals surface area contributed by atoms with Crippen LogP contribution in [0.25, 0.3) is 0 Å². The zero-order chi connectivity index (χ0) is 22.1. The Morgan fingerprint density at radius 3 is 2.71 bits per heavy atom. The molecule has 0 saturated carbocycles. The molecule has 1 aliphatic heterocycles. The molecule has 2 aromatic carbocycles. The van der Waals surface area contributed by atoms with Gasteiger partial charge in [0.05, 0.1) is 12.1 Å². The van der Waals surface area contributed by atoms with Crippen LogP contribution < -0.4 is 14.8 Å². The lowest BCUT2D eigenvalue weighted by Gasteiger charge is -2.21. The van der Waals surface area contributed by atoms with Gasteiger partial charge in [-0.3, -0.25) is 4.79 Å². The molecular weight excluding hydrogens is 428 g/mol. The second kappa shape index (κ2) is 8.58. The van der Waals surface area contributed by atoms with Gasteiger partial charge in [-0.2, -0.15) is 0 Å². The smallest absolute Gasteiger partial charge is 0.276 e. The number of benzene rings is 2. The highest BCUT2D eigenvalue weighted by molar-refractivity contribution is 7.83. The molecule has 0 spiro atoms. The number of halogens is 2. The summed E-state index contributed by atoms with van der Waals surface area (Å²) in [4.78, 5) is 13.1. The molecule has 1 aromatic heterocycles. The highest BCUT2D eigenvalue weighted by atomic mass is 32.2. The van der Waals surface area contributed by atoms with Crippen molar-refractivity contribution in [1.82, 2.24) is 9.29 Å². The van der Waals surface area contributed by atoms with Crippen LogP contribution in [0.2, 0.25) is 0 Å². The van der Waals surface area contributed by atoms with Gasteiger partial charge in [-0.1, -0.05) is 30.3 Å². The summed E-state index contributed by atoms with van der Waals surface area (Å²) in [6.45, 7) is -0.0513. The number of ether oxygens (including phenoxy) is 1. The minimum Gasteiger partial charge on any atom is -0.488 e. The number of aromatic nitrogens is 1. The van der Waals surface area contributed by atoms with Crippen molar-refractivity contribution in [3.63, 3.8) is 0 Å². The number of fused-ring (bicyclic) bond motifs is 1. The quantitative estimate of drug-likeness (QED) is 0.574. The Morgan fingerprint density at radius 2 is 2.00 bits per heavy atom. The van der Waals surface area contributed by atoms with Gasteiger partial charge in [0, 0.05) is 25.0 Å². The average molecular weight is 447 g/mol. The van der Waals surface area contributed by atoms with Crippen LogP contribution in [-0.4, -0.2) is 32.4 Å². The Kier molecular flexibility index (Phi) is 5.86. The van der Waals surface area contributed by atoms with Crippen molar-refractivity contribution in [2.24, 2.45) is 7.05 Å². The number of amides is 1. The normalized spacial score (nSPS) is 19.1. The lowest BCUT2D eigenvalue weighted by molar-refractivity contribution is 0.0997. The summed E-state index contributed by atoms with van der Waals surface area (Å²) in [5, 5.41) is 13.1. The summed E-state index contributed by atoms with van der Waals surface area (Å²) in [5.41, 5.74) is 0.748. The van der Waals surface area contributed by atoms with Crippen LogP contribution in [0.4, 0.5) is 14.5 Å². The van der Waals surface area contributed by atoms with Crippen molar-refractivity contribution < 1.29 is 27.6 Å². The van der Waals surface area contributed by atoms with Gasteiger partial charge >= 0.3 is 0 Å². The molecule has 0 fully saturated rings. The van der Waals surface area contributed by atoms with Crippen LogP contribution in [0.15, 0.2) is 59.6 Å². The number of aliphatic hydroxyl groups excluding tert-OH is 1.